The highest BCUT2D eigenvalue weighted by molar-refractivity contribution is 7.80. The van der Waals surface area contributed by atoms with Gasteiger partial charge in [-0.05, 0) is 5.41 Å². The van der Waals surface area contributed by atoms with Gasteiger partial charge in [-0.1, -0.05) is 20.8 Å². The lowest BCUT2D eigenvalue weighted by molar-refractivity contribution is 0.179. The van der Waals surface area contributed by atoms with E-state index in [9.17, 15) is 4.79 Å². The van der Waals surface area contributed by atoms with Crippen molar-refractivity contribution in [1.82, 2.24) is 5.32 Å². The van der Waals surface area contributed by atoms with Crippen molar-refractivity contribution in [3.8, 4) is 0 Å². The van der Waals surface area contributed by atoms with E-state index in [0.717, 1.165) is 0 Å². The molecule has 11 heavy (non-hydrogen) atoms. The average Bonchev–Trinajstić information content (AvgIpc) is 1.79. The molecule has 0 heterocycles. The molecule has 1 atom stereocenters. The van der Waals surface area contributed by atoms with E-state index in [1.54, 1.807) is 0 Å². The van der Waals surface area contributed by atoms with E-state index >= 15 is 0 Å². The van der Waals surface area contributed by atoms with Gasteiger partial charge in [0, 0.05) is 11.8 Å². The molecule has 0 aliphatic heterocycles. The Kier molecular flexibility index (Phi) is 3.72. The molecule has 2 N–H and O–H groups in total. The maximum absolute atomic E-state index is 10.3. The minimum absolute atomic E-state index is 0.0693. The van der Waals surface area contributed by atoms with Crippen molar-refractivity contribution in [3.05, 3.63) is 0 Å². The Morgan fingerprint density at radius 2 is 2.09 bits per heavy atom. The normalized spacial score (nSPS) is 14.2. The zero-order chi connectivity index (χ0) is 9.07. The molecule has 1 amide bonds. The van der Waals surface area contributed by atoms with Gasteiger partial charge in [0.05, 0.1) is 0 Å². The Morgan fingerprint density at radius 3 is 2.18 bits per heavy atom. The van der Waals surface area contributed by atoms with Gasteiger partial charge in [-0.25, -0.2) is 4.79 Å². The summed E-state index contributed by atoms with van der Waals surface area (Å²) in [4.78, 5) is 10.3. The van der Waals surface area contributed by atoms with E-state index in [2.05, 4.69) is 17.9 Å². The third kappa shape index (κ3) is 4.14. The van der Waals surface area contributed by atoms with Crippen LogP contribution in [0.25, 0.3) is 0 Å². The third-order valence-electron chi connectivity index (χ3n) is 1.53. The topological polar surface area (TPSA) is 49.3 Å². The number of carboxylic acid groups (broad SMARTS) is 1. The first-order valence-electron chi connectivity index (χ1n) is 3.48. The summed E-state index contributed by atoms with van der Waals surface area (Å²) in [7, 11) is 0. The van der Waals surface area contributed by atoms with Gasteiger partial charge in [-0.2, -0.15) is 12.6 Å². The lowest BCUT2D eigenvalue weighted by Crippen LogP contribution is -2.44. The zero-order valence-electron chi connectivity index (χ0n) is 7.09. The second-order valence-electron chi connectivity index (χ2n) is 3.55. The fourth-order valence-electron chi connectivity index (χ4n) is 0.685. The predicted octanol–water partition coefficient (Wildman–Crippen LogP) is 1.60. The van der Waals surface area contributed by atoms with Crippen LogP contribution < -0.4 is 5.32 Å². The van der Waals surface area contributed by atoms with Gasteiger partial charge in [-0.3, -0.25) is 0 Å². The van der Waals surface area contributed by atoms with Gasteiger partial charge in [0.1, 0.15) is 0 Å². The first-order chi connectivity index (χ1) is 4.88. The minimum Gasteiger partial charge on any atom is -0.465 e. The largest absolute Gasteiger partial charge is 0.465 e. The summed E-state index contributed by atoms with van der Waals surface area (Å²) in [5, 5.41) is 10.8. The Bertz CT molecular complexity index is 142. The van der Waals surface area contributed by atoms with Gasteiger partial charge < -0.3 is 10.4 Å². The summed E-state index contributed by atoms with van der Waals surface area (Å²) in [5.74, 6) is 0.524. The van der Waals surface area contributed by atoms with Gasteiger partial charge in [0.25, 0.3) is 0 Å². The molecule has 0 aromatic heterocycles. The molecule has 0 spiro atoms. The first-order valence-corrected chi connectivity index (χ1v) is 4.11. The number of carbonyl (C=O) groups is 1. The van der Waals surface area contributed by atoms with E-state index in [4.69, 9.17) is 5.11 Å². The van der Waals surface area contributed by atoms with Crippen molar-refractivity contribution in [2.24, 2.45) is 5.41 Å². The summed E-state index contributed by atoms with van der Waals surface area (Å²) in [6.45, 7) is 5.93. The highest BCUT2D eigenvalue weighted by Crippen LogP contribution is 2.19. The van der Waals surface area contributed by atoms with Crippen LogP contribution in [0.5, 0.6) is 0 Å². The molecule has 0 radical (unpaired) electrons. The fourth-order valence-corrected chi connectivity index (χ4v) is 1.32. The van der Waals surface area contributed by atoms with Crippen LogP contribution >= 0.6 is 12.6 Å². The number of amides is 1. The van der Waals surface area contributed by atoms with Crippen LogP contribution in [0.2, 0.25) is 0 Å². The molecular weight excluding hydrogens is 162 g/mol. The average molecular weight is 177 g/mol. The number of hydrogen-bond donors (Lipinski definition) is 3. The Balaban J connectivity index is 4.07. The monoisotopic (exact) mass is 177 g/mol. The molecule has 0 saturated carbocycles. The van der Waals surface area contributed by atoms with Crippen LogP contribution in [0.3, 0.4) is 0 Å². The van der Waals surface area contributed by atoms with Crippen molar-refractivity contribution in [2.75, 3.05) is 5.75 Å². The molecular formula is C7H15NO2S. The molecule has 0 fully saturated rings. The molecule has 66 valence electrons. The van der Waals surface area contributed by atoms with Crippen LogP contribution in [-0.2, 0) is 0 Å². The lowest BCUT2D eigenvalue weighted by atomic mass is 9.88. The number of thiol groups is 1. The van der Waals surface area contributed by atoms with Gasteiger partial charge >= 0.3 is 6.09 Å². The smallest absolute Gasteiger partial charge is 0.404 e. The van der Waals surface area contributed by atoms with Crippen LogP contribution in [0.15, 0.2) is 0 Å². The number of nitrogens with one attached hydrogen (secondary N) is 1. The highest BCUT2D eigenvalue weighted by atomic mass is 32.1. The van der Waals surface area contributed by atoms with Gasteiger partial charge in [-0.15, -0.1) is 0 Å². The molecule has 0 aromatic rings. The summed E-state index contributed by atoms with van der Waals surface area (Å²) in [6.07, 6.45) is -0.987. The number of hydrogen-bond acceptors (Lipinski definition) is 2. The second kappa shape index (κ2) is 3.85. The fraction of sp³-hybridized carbons (Fsp3) is 0.857. The van der Waals surface area contributed by atoms with E-state index in [1.165, 1.54) is 0 Å². The van der Waals surface area contributed by atoms with E-state index < -0.39 is 6.09 Å². The summed E-state index contributed by atoms with van der Waals surface area (Å²) >= 11 is 4.06. The SMILES string of the molecule is CC(C)(C)[C@@H](CS)NC(=O)O. The number of rotatable bonds is 2. The Morgan fingerprint density at radius 1 is 1.64 bits per heavy atom. The van der Waals surface area contributed by atoms with Gasteiger partial charge in [0.15, 0.2) is 0 Å². The maximum atomic E-state index is 10.3. The molecule has 0 aliphatic rings. The molecule has 0 bridgehead atoms. The molecule has 0 aromatic carbocycles. The standard InChI is InChI=1S/C7H15NO2S/c1-7(2,3)5(4-11)8-6(9)10/h5,8,11H,4H2,1-3H3,(H,9,10)/t5-/m1/s1. The second-order valence-corrected chi connectivity index (χ2v) is 3.92. The molecule has 0 aliphatic carbocycles. The molecule has 3 nitrogen and oxygen atoms in total. The Hall–Kier alpha value is -0.380. The summed E-state index contributed by atoms with van der Waals surface area (Å²) in [5.41, 5.74) is -0.0693. The van der Waals surface area contributed by atoms with Crippen molar-refractivity contribution in [1.29, 1.82) is 0 Å². The van der Waals surface area contributed by atoms with Crippen molar-refractivity contribution in [3.63, 3.8) is 0 Å². The third-order valence-corrected chi connectivity index (χ3v) is 1.89. The van der Waals surface area contributed by atoms with Crippen molar-refractivity contribution >= 4 is 18.7 Å². The van der Waals surface area contributed by atoms with Crippen LogP contribution in [0, 0.1) is 5.41 Å². The van der Waals surface area contributed by atoms with E-state index in [-0.39, 0.29) is 11.5 Å². The minimum atomic E-state index is -0.987. The molecule has 0 rings (SSSR count). The summed E-state index contributed by atoms with van der Waals surface area (Å²) in [6, 6.07) is -0.0941. The van der Waals surface area contributed by atoms with Crippen LogP contribution in [0.4, 0.5) is 4.79 Å². The predicted molar refractivity (Wildman–Crippen MR) is 48.3 cm³/mol. The quantitative estimate of drug-likeness (QED) is 0.561. The molecule has 0 saturated heterocycles. The molecule has 0 unspecified atom stereocenters. The van der Waals surface area contributed by atoms with Crippen LogP contribution in [-0.4, -0.2) is 23.0 Å². The zero-order valence-corrected chi connectivity index (χ0v) is 7.98. The lowest BCUT2D eigenvalue weighted by Gasteiger charge is -2.28. The Labute approximate surface area is 72.6 Å². The molecule has 4 heteroatoms. The summed E-state index contributed by atoms with van der Waals surface area (Å²) < 4.78 is 0. The maximum Gasteiger partial charge on any atom is 0.404 e. The highest BCUT2D eigenvalue weighted by Gasteiger charge is 2.24. The van der Waals surface area contributed by atoms with Crippen molar-refractivity contribution in [2.45, 2.75) is 26.8 Å². The van der Waals surface area contributed by atoms with E-state index in [1.807, 2.05) is 20.8 Å². The first kappa shape index (κ1) is 10.6. The van der Waals surface area contributed by atoms with Gasteiger partial charge in [0.2, 0.25) is 0 Å². The van der Waals surface area contributed by atoms with Crippen LogP contribution in [0.1, 0.15) is 20.8 Å². The van der Waals surface area contributed by atoms with Crippen molar-refractivity contribution < 1.29 is 9.90 Å². The van der Waals surface area contributed by atoms with E-state index in [0.29, 0.717) is 5.75 Å².